The van der Waals surface area contributed by atoms with Gasteiger partial charge in [0.15, 0.2) is 0 Å². The van der Waals surface area contributed by atoms with E-state index >= 15 is 0 Å². The Bertz CT molecular complexity index is 1010. The third-order valence-corrected chi connectivity index (χ3v) is 5.15. The minimum absolute atomic E-state index is 0.0932. The van der Waals surface area contributed by atoms with E-state index in [1.807, 2.05) is 42.5 Å². The Labute approximate surface area is 176 Å². The van der Waals surface area contributed by atoms with E-state index in [1.165, 1.54) is 0 Å². The fraction of sp³-hybridized carbons (Fsp3) is 0.200. The predicted molar refractivity (Wildman–Crippen MR) is 118 cm³/mol. The Hall–Kier alpha value is -3.44. The van der Waals surface area contributed by atoms with E-state index in [0.29, 0.717) is 23.4 Å². The second kappa shape index (κ2) is 9.37. The Morgan fingerprint density at radius 1 is 0.833 bits per heavy atom. The maximum Gasteiger partial charge on any atom is 0.255 e. The van der Waals surface area contributed by atoms with Crippen LogP contribution in [0.1, 0.15) is 33.6 Å². The van der Waals surface area contributed by atoms with E-state index in [4.69, 9.17) is 4.74 Å². The van der Waals surface area contributed by atoms with Gasteiger partial charge in [-0.2, -0.15) is 0 Å². The highest BCUT2D eigenvalue weighted by Gasteiger charge is 2.17. The van der Waals surface area contributed by atoms with Gasteiger partial charge in [0.25, 0.3) is 11.8 Å². The number of anilines is 1. The van der Waals surface area contributed by atoms with Crippen molar-refractivity contribution in [1.29, 1.82) is 0 Å². The number of amides is 2. The van der Waals surface area contributed by atoms with E-state index < -0.39 is 0 Å². The molecule has 1 saturated heterocycles. The van der Waals surface area contributed by atoms with Crippen molar-refractivity contribution in [1.82, 2.24) is 5.32 Å². The molecule has 4 rings (SSSR count). The van der Waals surface area contributed by atoms with Crippen LogP contribution in [0, 0.1) is 0 Å². The number of ether oxygens (including phenoxy) is 1. The maximum absolute atomic E-state index is 12.6. The molecule has 5 heteroatoms. The first-order valence-electron chi connectivity index (χ1n) is 10.2. The number of hydrogen-bond acceptors (Lipinski definition) is 3. The Kier molecular flexibility index (Phi) is 6.20. The zero-order valence-electron chi connectivity index (χ0n) is 16.6. The van der Waals surface area contributed by atoms with Gasteiger partial charge in [-0.05, 0) is 54.3 Å². The van der Waals surface area contributed by atoms with Crippen LogP contribution >= 0.6 is 0 Å². The first kappa shape index (κ1) is 19.9. The molecule has 1 aliphatic heterocycles. The van der Waals surface area contributed by atoms with E-state index in [2.05, 4.69) is 10.6 Å². The summed E-state index contributed by atoms with van der Waals surface area (Å²) >= 11 is 0. The molecule has 3 aromatic rings. The van der Waals surface area contributed by atoms with Crippen LogP contribution in [0.3, 0.4) is 0 Å². The molecule has 0 radical (unpaired) electrons. The van der Waals surface area contributed by atoms with Crippen LogP contribution in [0.2, 0.25) is 0 Å². The van der Waals surface area contributed by atoms with Gasteiger partial charge in [0.05, 0.1) is 6.10 Å². The van der Waals surface area contributed by atoms with Crippen LogP contribution in [-0.4, -0.2) is 31.1 Å². The van der Waals surface area contributed by atoms with Crippen molar-refractivity contribution in [3.05, 3.63) is 90.0 Å². The van der Waals surface area contributed by atoms with Gasteiger partial charge in [-0.15, -0.1) is 0 Å². The van der Waals surface area contributed by atoms with Crippen molar-refractivity contribution in [3.63, 3.8) is 0 Å². The van der Waals surface area contributed by atoms with Gasteiger partial charge in [0, 0.05) is 30.0 Å². The van der Waals surface area contributed by atoms with E-state index in [0.717, 1.165) is 30.6 Å². The molecule has 1 heterocycles. The molecule has 3 aromatic carbocycles. The highest BCUT2D eigenvalue weighted by Crippen LogP contribution is 2.20. The summed E-state index contributed by atoms with van der Waals surface area (Å²) in [5.41, 5.74) is 3.80. The van der Waals surface area contributed by atoms with Crippen molar-refractivity contribution in [3.8, 4) is 11.1 Å². The lowest BCUT2D eigenvalue weighted by Crippen LogP contribution is -2.31. The molecule has 1 fully saturated rings. The monoisotopic (exact) mass is 400 g/mol. The van der Waals surface area contributed by atoms with Gasteiger partial charge in [-0.1, -0.05) is 48.5 Å². The molecule has 152 valence electrons. The molecule has 0 saturated carbocycles. The first-order valence-corrected chi connectivity index (χ1v) is 10.2. The molecule has 0 aromatic heterocycles. The lowest BCUT2D eigenvalue weighted by molar-refractivity contribution is 0.0857. The third kappa shape index (κ3) is 4.93. The maximum atomic E-state index is 12.6. The molecule has 0 aliphatic carbocycles. The van der Waals surface area contributed by atoms with Crippen molar-refractivity contribution in [2.24, 2.45) is 0 Å². The van der Waals surface area contributed by atoms with Crippen molar-refractivity contribution in [2.45, 2.75) is 18.9 Å². The summed E-state index contributed by atoms with van der Waals surface area (Å²) < 4.78 is 5.53. The lowest BCUT2D eigenvalue weighted by atomic mass is 10.0. The second-order valence-electron chi connectivity index (χ2n) is 7.32. The molecule has 1 atom stereocenters. The third-order valence-electron chi connectivity index (χ3n) is 5.15. The zero-order valence-corrected chi connectivity index (χ0v) is 16.6. The van der Waals surface area contributed by atoms with Gasteiger partial charge in [-0.25, -0.2) is 0 Å². The van der Waals surface area contributed by atoms with E-state index in [9.17, 15) is 9.59 Å². The molecule has 1 aliphatic rings. The summed E-state index contributed by atoms with van der Waals surface area (Å²) in [6, 6.07) is 24.4. The Balaban J connectivity index is 1.38. The summed E-state index contributed by atoms with van der Waals surface area (Å²) in [7, 11) is 0. The van der Waals surface area contributed by atoms with Crippen molar-refractivity contribution >= 4 is 17.5 Å². The van der Waals surface area contributed by atoms with E-state index in [1.54, 1.807) is 36.4 Å². The highest BCUT2D eigenvalue weighted by atomic mass is 16.5. The topological polar surface area (TPSA) is 67.4 Å². The largest absolute Gasteiger partial charge is 0.376 e. The minimum Gasteiger partial charge on any atom is -0.376 e. The molecule has 30 heavy (non-hydrogen) atoms. The first-order chi connectivity index (χ1) is 14.7. The smallest absolute Gasteiger partial charge is 0.255 e. The second-order valence-corrected chi connectivity index (χ2v) is 7.32. The molecule has 5 nitrogen and oxygen atoms in total. The molecular formula is C25H24N2O3. The summed E-state index contributed by atoms with van der Waals surface area (Å²) in [4.78, 5) is 25.0. The molecule has 2 N–H and O–H groups in total. The minimum atomic E-state index is -0.216. The Morgan fingerprint density at radius 2 is 1.60 bits per heavy atom. The fourth-order valence-electron chi connectivity index (χ4n) is 3.50. The summed E-state index contributed by atoms with van der Waals surface area (Å²) in [5, 5.41) is 5.76. The number of rotatable bonds is 6. The van der Waals surface area contributed by atoms with Crippen LogP contribution < -0.4 is 10.6 Å². The van der Waals surface area contributed by atoms with E-state index in [-0.39, 0.29) is 17.9 Å². The van der Waals surface area contributed by atoms with Crippen LogP contribution in [0.4, 0.5) is 5.69 Å². The quantitative estimate of drug-likeness (QED) is 0.640. The van der Waals surface area contributed by atoms with Gasteiger partial charge in [-0.3, -0.25) is 9.59 Å². The van der Waals surface area contributed by atoms with Crippen LogP contribution in [0.15, 0.2) is 78.9 Å². The summed E-state index contributed by atoms with van der Waals surface area (Å²) in [5.74, 6) is -0.389. The number of hydrogen-bond donors (Lipinski definition) is 2. The molecule has 0 spiro atoms. The van der Waals surface area contributed by atoms with Gasteiger partial charge >= 0.3 is 0 Å². The molecular weight excluding hydrogens is 376 g/mol. The number of nitrogens with one attached hydrogen (secondary N) is 2. The highest BCUT2D eigenvalue weighted by molar-refractivity contribution is 6.05. The number of carbonyl (C=O) groups is 2. The van der Waals surface area contributed by atoms with Gasteiger partial charge in [0.1, 0.15) is 0 Å². The molecule has 1 unspecified atom stereocenters. The predicted octanol–water partition coefficient (Wildman–Crippen LogP) is 4.51. The number of carbonyl (C=O) groups excluding carboxylic acids is 2. The van der Waals surface area contributed by atoms with Crippen LogP contribution in [0.25, 0.3) is 11.1 Å². The molecule has 0 bridgehead atoms. The average molecular weight is 400 g/mol. The normalized spacial score (nSPS) is 15.5. The van der Waals surface area contributed by atoms with Crippen molar-refractivity contribution in [2.75, 3.05) is 18.5 Å². The van der Waals surface area contributed by atoms with Crippen LogP contribution in [0.5, 0.6) is 0 Å². The lowest BCUT2D eigenvalue weighted by Gasteiger charge is -2.12. The standard InChI is InChI=1S/C25H24N2O3/c28-24(26-17-23-10-5-15-30-23)21-8-4-9-22(16-21)27-25(29)20-13-11-19(12-14-20)18-6-2-1-3-7-18/h1-4,6-9,11-14,16,23H,5,10,15,17H2,(H,26,28)(H,27,29). The van der Waals surface area contributed by atoms with Gasteiger partial charge in [0.2, 0.25) is 0 Å². The van der Waals surface area contributed by atoms with Gasteiger partial charge < -0.3 is 15.4 Å². The van der Waals surface area contributed by atoms with Crippen LogP contribution in [-0.2, 0) is 4.74 Å². The SMILES string of the molecule is O=C(NCC1CCCO1)c1cccc(NC(=O)c2ccc(-c3ccccc3)cc2)c1. The number of benzene rings is 3. The average Bonchev–Trinajstić information content (AvgIpc) is 3.32. The Morgan fingerprint density at radius 3 is 2.33 bits per heavy atom. The fourth-order valence-corrected chi connectivity index (χ4v) is 3.50. The summed E-state index contributed by atoms with van der Waals surface area (Å²) in [6.45, 7) is 1.26. The zero-order chi connectivity index (χ0) is 20.8. The molecule has 2 amide bonds. The summed E-state index contributed by atoms with van der Waals surface area (Å²) in [6.07, 6.45) is 2.10. The van der Waals surface area contributed by atoms with Crippen molar-refractivity contribution < 1.29 is 14.3 Å².